The Kier molecular flexibility index (Phi) is 7.59. The Morgan fingerprint density at radius 3 is 2.76 bits per heavy atom. The monoisotopic (exact) mass is 570 g/mol. The van der Waals surface area contributed by atoms with Crippen molar-refractivity contribution in [2.24, 2.45) is 5.16 Å². The summed E-state index contributed by atoms with van der Waals surface area (Å²) in [4.78, 5) is 50.5. The second-order valence-electron chi connectivity index (χ2n) is 8.67. The minimum absolute atomic E-state index is 0.0877. The van der Waals surface area contributed by atoms with Gasteiger partial charge in [-0.05, 0) is 37.8 Å². The van der Waals surface area contributed by atoms with E-state index >= 15 is 0 Å². The SMILES string of the molecule is N#Cc1ccccc1SC1=C(C(=O)O)N2C(=O)[C@@H](NC(=O)/C(=N\OC3CCCC3)c3csc(N)n3)[C@@H]2SC1. The van der Waals surface area contributed by atoms with Gasteiger partial charge in [0.1, 0.15) is 35.0 Å². The highest BCUT2D eigenvalue weighted by atomic mass is 32.2. The van der Waals surface area contributed by atoms with Crippen LogP contribution >= 0.6 is 34.9 Å². The smallest absolute Gasteiger partial charge is 0.353 e. The number of nitrogens with zero attached hydrogens (tertiary/aromatic N) is 4. The van der Waals surface area contributed by atoms with Gasteiger partial charge in [0, 0.05) is 20.9 Å². The third-order valence-electron chi connectivity index (χ3n) is 6.24. The molecule has 2 atom stereocenters. The van der Waals surface area contributed by atoms with E-state index in [1.807, 2.05) is 0 Å². The van der Waals surface area contributed by atoms with Gasteiger partial charge in [-0.2, -0.15) is 5.26 Å². The van der Waals surface area contributed by atoms with Gasteiger partial charge in [0.05, 0.1) is 5.56 Å². The van der Waals surface area contributed by atoms with Crippen LogP contribution in [-0.4, -0.2) is 61.8 Å². The fourth-order valence-electron chi connectivity index (χ4n) is 4.38. The summed E-state index contributed by atoms with van der Waals surface area (Å²) in [5, 5.41) is 27.3. The quantitative estimate of drug-likeness (QED) is 0.243. The van der Waals surface area contributed by atoms with Crippen LogP contribution in [0.2, 0.25) is 0 Å². The van der Waals surface area contributed by atoms with Crippen LogP contribution in [0.25, 0.3) is 0 Å². The number of nitrogens with two attached hydrogens (primary N) is 1. The van der Waals surface area contributed by atoms with Gasteiger partial charge in [0.2, 0.25) is 0 Å². The molecular weight excluding hydrogens is 549 g/mol. The van der Waals surface area contributed by atoms with E-state index in [9.17, 15) is 24.8 Å². The third kappa shape index (κ3) is 5.09. The minimum Gasteiger partial charge on any atom is -0.477 e. The molecule has 0 radical (unpaired) electrons. The Morgan fingerprint density at radius 2 is 2.08 bits per heavy atom. The molecule has 0 spiro atoms. The molecule has 5 rings (SSSR count). The molecule has 1 aromatic heterocycles. The van der Waals surface area contributed by atoms with Gasteiger partial charge in [0.25, 0.3) is 11.8 Å². The van der Waals surface area contributed by atoms with E-state index in [0.29, 0.717) is 21.1 Å². The first-order chi connectivity index (χ1) is 18.4. The number of nitrogen functional groups attached to an aromatic ring is 1. The van der Waals surface area contributed by atoms with Gasteiger partial charge in [-0.3, -0.25) is 14.5 Å². The number of thioether (sulfide) groups is 2. The van der Waals surface area contributed by atoms with Gasteiger partial charge in [-0.1, -0.05) is 29.1 Å². The summed E-state index contributed by atoms with van der Waals surface area (Å²) >= 11 is 3.64. The molecule has 2 fully saturated rings. The third-order valence-corrected chi connectivity index (χ3v) is 9.53. The summed E-state index contributed by atoms with van der Waals surface area (Å²) in [5.41, 5.74) is 6.17. The van der Waals surface area contributed by atoms with Crippen molar-refractivity contribution in [1.29, 1.82) is 5.26 Å². The predicted molar refractivity (Wildman–Crippen MR) is 143 cm³/mol. The molecule has 1 aliphatic carbocycles. The van der Waals surface area contributed by atoms with Crippen LogP contribution in [0.5, 0.6) is 0 Å². The number of anilines is 1. The number of hydrogen-bond acceptors (Lipinski definition) is 11. The summed E-state index contributed by atoms with van der Waals surface area (Å²) in [6, 6.07) is 8.00. The number of nitriles is 1. The molecule has 1 saturated heterocycles. The van der Waals surface area contributed by atoms with Crippen LogP contribution in [-0.2, 0) is 19.2 Å². The zero-order chi connectivity index (χ0) is 26.8. The van der Waals surface area contributed by atoms with Gasteiger partial charge in [0.15, 0.2) is 10.8 Å². The molecular formula is C24H22N6O5S3. The second kappa shape index (κ2) is 11.1. The molecule has 3 heterocycles. The molecule has 3 aliphatic rings. The number of rotatable bonds is 8. The number of fused-ring (bicyclic) bond motifs is 1. The van der Waals surface area contributed by atoms with E-state index in [0.717, 1.165) is 48.8 Å². The average molecular weight is 571 g/mol. The molecule has 2 aliphatic heterocycles. The Hall–Kier alpha value is -3.54. The maximum Gasteiger partial charge on any atom is 0.353 e. The fourth-order valence-corrected chi connectivity index (χ4v) is 7.48. The largest absolute Gasteiger partial charge is 0.477 e. The number of carboxylic acids is 1. The standard InChI is InChI=1S/C24H22N6O5S3/c25-9-12-5-1-4-8-15(12)38-16-11-36-22-18(21(32)30(22)19(16)23(33)34)28-20(31)17(14-10-37-24(26)27-14)29-35-13-6-2-3-7-13/h1,4-5,8,10,13,18,22H,2-3,6-7,11H2,(H2,26,27)(H,28,31)(H,33,34)/b29-17-/t18-,22+/m1/s1. The van der Waals surface area contributed by atoms with Gasteiger partial charge >= 0.3 is 5.97 Å². The lowest BCUT2D eigenvalue weighted by molar-refractivity contribution is -0.150. The summed E-state index contributed by atoms with van der Waals surface area (Å²) < 4.78 is 0. The lowest BCUT2D eigenvalue weighted by atomic mass is 10.0. The number of thiazole rings is 1. The first kappa shape index (κ1) is 26.1. The lowest BCUT2D eigenvalue weighted by Crippen LogP contribution is -2.71. The molecule has 0 bridgehead atoms. The molecule has 1 aromatic carbocycles. The van der Waals surface area contributed by atoms with E-state index in [2.05, 4.69) is 21.5 Å². The number of amides is 2. The Labute approximate surface area is 230 Å². The highest BCUT2D eigenvalue weighted by molar-refractivity contribution is 8.06. The Bertz CT molecular complexity index is 1390. The van der Waals surface area contributed by atoms with Crippen molar-refractivity contribution in [3.8, 4) is 6.07 Å². The number of β-lactam (4-membered cyclic amide) rings is 1. The predicted octanol–water partition coefficient (Wildman–Crippen LogP) is 2.75. The van der Waals surface area contributed by atoms with Crippen LogP contribution < -0.4 is 11.1 Å². The number of aromatic nitrogens is 1. The van der Waals surface area contributed by atoms with Gasteiger partial charge < -0.3 is 21.0 Å². The molecule has 1 saturated carbocycles. The van der Waals surface area contributed by atoms with Crippen molar-refractivity contribution in [2.75, 3.05) is 11.5 Å². The molecule has 38 heavy (non-hydrogen) atoms. The van der Waals surface area contributed by atoms with E-state index in [1.165, 1.54) is 16.7 Å². The molecule has 4 N–H and O–H groups in total. The normalized spacial score (nSPS) is 21.5. The topological polar surface area (TPSA) is 171 Å². The zero-order valence-electron chi connectivity index (χ0n) is 19.8. The van der Waals surface area contributed by atoms with Crippen molar-refractivity contribution >= 4 is 63.5 Å². The van der Waals surface area contributed by atoms with Crippen molar-refractivity contribution in [2.45, 2.75) is 48.1 Å². The Morgan fingerprint density at radius 1 is 1.32 bits per heavy atom. The van der Waals surface area contributed by atoms with Gasteiger partial charge in [-0.15, -0.1) is 23.1 Å². The number of carbonyl (C=O) groups excluding carboxylic acids is 2. The lowest BCUT2D eigenvalue weighted by Gasteiger charge is -2.49. The molecule has 2 amide bonds. The first-order valence-electron chi connectivity index (χ1n) is 11.7. The number of oxime groups is 1. The summed E-state index contributed by atoms with van der Waals surface area (Å²) in [5.74, 6) is -2.17. The highest BCUT2D eigenvalue weighted by Gasteiger charge is 2.54. The summed E-state index contributed by atoms with van der Waals surface area (Å²) in [6.07, 6.45) is 3.65. The number of nitrogens with one attached hydrogen (secondary N) is 1. The van der Waals surface area contributed by atoms with Crippen LogP contribution in [0.15, 0.2) is 50.3 Å². The maximum absolute atomic E-state index is 13.2. The van der Waals surface area contributed by atoms with E-state index in [-0.39, 0.29) is 28.3 Å². The van der Waals surface area contributed by atoms with E-state index in [1.54, 1.807) is 29.6 Å². The Balaban J connectivity index is 1.35. The number of hydrogen-bond donors (Lipinski definition) is 3. The number of carboxylic acid groups (broad SMARTS) is 1. The molecule has 196 valence electrons. The van der Waals surface area contributed by atoms with Crippen LogP contribution in [0.4, 0.5) is 5.13 Å². The van der Waals surface area contributed by atoms with Gasteiger partial charge in [-0.25, -0.2) is 9.78 Å². The maximum atomic E-state index is 13.2. The fraction of sp³-hybridized carbons (Fsp3) is 0.333. The summed E-state index contributed by atoms with van der Waals surface area (Å²) in [6.45, 7) is 0. The molecule has 2 aromatic rings. The zero-order valence-corrected chi connectivity index (χ0v) is 22.3. The first-order valence-corrected chi connectivity index (χ1v) is 14.5. The molecule has 0 unspecified atom stereocenters. The van der Waals surface area contributed by atoms with E-state index in [4.69, 9.17) is 10.6 Å². The highest BCUT2D eigenvalue weighted by Crippen LogP contribution is 2.45. The minimum atomic E-state index is -1.25. The number of benzene rings is 1. The van der Waals surface area contributed by atoms with Crippen molar-refractivity contribution < 1.29 is 24.3 Å². The van der Waals surface area contributed by atoms with E-state index < -0.39 is 29.2 Å². The molecule has 11 nitrogen and oxygen atoms in total. The van der Waals surface area contributed by atoms with Crippen molar-refractivity contribution in [1.82, 2.24) is 15.2 Å². The van der Waals surface area contributed by atoms with Crippen molar-refractivity contribution in [3.05, 3.63) is 51.5 Å². The van der Waals surface area contributed by atoms with Crippen LogP contribution in [0.3, 0.4) is 0 Å². The number of carbonyl (C=O) groups is 3. The van der Waals surface area contributed by atoms with Crippen LogP contribution in [0.1, 0.15) is 36.9 Å². The summed E-state index contributed by atoms with van der Waals surface area (Å²) in [7, 11) is 0. The average Bonchev–Trinajstić information content (AvgIpc) is 3.59. The molecule has 14 heteroatoms. The second-order valence-corrected chi connectivity index (χ2v) is 11.8. The van der Waals surface area contributed by atoms with Crippen molar-refractivity contribution in [3.63, 3.8) is 0 Å². The number of aliphatic carboxylic acids is 1. The van der Waals surface area contributed by atoms with Crippen LogP contribution in [0, 0.1) is 11.3 Å².